The Kier molecular flexibility index (Phi) is 9.45. The van der Waals surface area contributed by atoms with Crippen molar-refractivity contribution in [3.63, 3.8) is 0 Å². The minimum absolute atomic E-state index is 0.216. The summed E-state index contributed by atoms with van der Waals surface area (Å²) in [6.07, 6.45) is 35.7. The highest BCUT2D eigenvalue weighted by molar-refractivity contribution is 5.98. The van der Waals surface area contributed by atoms with Gasteiger partial charge in [0.15, 0.2) is 0 Å². The lowest BCUT2D eigenvalue weighted by Crippen LogP contribution is -2.38. The van der Waals surface area contributed by atoms with E-state index in [-0.39, 0.29) is 6.04 Å². The molecule has 8 rings (SSSR count). The number of benzene rings is 3. The smallest absolute Gasteiger partial charge is 0.0557 e. The monoisotopic (exact) mass is 674 g/mol. The van der Waals surface area contributed by atoms with Gasteiger partial charge < -0.3 is 9.80 Å². The first-order valence-corrected chi connectivity index (χ1v) is 18.1. The van der Waals surface area contributed by atoms with Crippen LogP contribution in [0.4, 0.5) is 22.7 Å². The largest absolute Gasteiger partial charge is 0.337 e. The van der Waals surface area contributed by atoms with Crippen molar-refractivity contribution in [3.8, 4) is 0 Å². The lowest BCUT2D eigenvalue weighted by atomic mass is 9.81. The van der Waals surface area contributed by atoms with Gasteiger partial charge in [0, 0.05) is 64.8 Å². The molecule has 52 heavy (non-hydrogen) atoms. The zero-order valence-corrected chi connectivity index (χ0v) is 29.6. The van der Waals surface area contributed by atoms with E-state index in [9.17, 15) is 0 Å². The molecule has 0 saturated heterocycles. The van der Waals surface area contributed by atoms with E-state index < -0.39 is 0 Å². The first-order chi connectivity index (χ1) is 25.6. The lowest BCUT2D eigenvalue weighted by Gasteiger charge is -2.40. The van der Waals surface area contributed by atoms with Crippen molar-refractivity contribution in [1.29, 1.82) is 0 Å². The summed E-state index contributed by atoms with van der Waals surface area (Å²) in [5.41, 5.74) is 10.7. The Balaban J connectivity index is 1.01. The van der Waals surface area contributed by atoms with Gasteiger partial charge in [-0.1, -0.05) is 115 Å². The topological polar surface area (TPSA) is 32.3 Å². The summed E-state index contributed by atoms with van der Waals surface area (Å²) in [6, 6.07) is 32.5. The number of pyridine rings is 2. The summed E-state index contributed by atoms with van der Waals surface area (Å²) in [4.78, 5) is 13.4. The Morgan fingerprint density at radius 1 is 0.654 bits per heavy atom. The standard InChI is InChI=1S/C48H42N4/c1-35(37-19-23-41(24-20-37)51(43-27-31-49-32-28-43)47-15-7-11-39-9-3-5-13-45(39)47)17-18-36(2)38-21-25-42(26-22-38)52(44-29-33-50-34-30-44)48-16-8-12-40-10-4-6-14-46(40)48/h3-25,27-34,40,42,46H,26H2,1-2H3/b35-17+,36-18+. The van der Waals surface area contributed by atoms with Gasteiger partial charge in [0.1, 0.15) is 0 Å². The van der Waals surface area contributed by atoms with E-state index in [1.807, 2.05) is 24.8 Å². The molecule has 0 bridgehead atoms. The first kappa shape index (κ1) is 32.9. The molecular formula is C48H42N4. The number of aromatic nitrogens is 2. The summed E-state index contributed by atoms with van der Waals surface area (Å²) >= 11 is 0. The Labute approximate surface area is 307 Å². The molecule has 0 radical (unpaired) electrons. The van der Waals surface area contributed by atoms with Gasteiger partial charge in [-0.15, -0.1) is 0 Å². The van der Waals surface area contributed by atoms with Gasteiger partial charge in [-0.05, 0) is 96.5 Å². The number of hydrogen-bond donors (Lipinski definition) is 0. The summed E-state index contributed by atoms with van der Waals surface area (Å²) in [7, 11) is 0. The fraction of sp³-hybridized carbons (Fsp3) is 0.125. The van der Waals surface area contributed by atoms with Crippen LogP contribution in [0.25, 0.3) is 16.3 Å². The van der Waals surface area contributed by atoms with Crippen molar-refractivity contribution in [3.05, 3.63) is 211 Å². The minimum atomic E-state index is 0.216. The second-order valence-electron chi connectivity index (χ2n) is 13.5. The zero-order valence-electron chi connectivity index (χ0n) is 29.6. The molecule has 0 fully saturated rings. The van der Waals surface area contributed by atoms with E-state index in [0.717, 1.165) is 23.5 Å². The van der Waals surface area contributed by atoms with Crippen molar-refractivity contribution in [2.24, 2.45) is 11.8 Å². The highest BCUT2D eigenvalue weighted by Crippen LogP contribution is 2.40. The van der Waals surface area contributed by atoms with Gasteiger partial charge >= 0.3 is 0 Å². The molecule has 0 N–H and O–H groups in total. The quantitative estimate of drug-likeness (QED) is 0.146. The zero-order chi connectivity index (χ0) is 35.3. The first-order valence-electron chi connectivity index (χ1n) is 18.1. The normalized spacial score (nSPS) is 19.6. The molecule has 3 aromatic carbocycles. The van der Waals surface area contributed by atoms with Crippen LogP contribution in [0.1, 0.15) is 25.8 Å². The molecule has 0 aliphatic heterocycles. The lowest BCUT2D eigenvalue weighted by molar-refractivity contribution is 0.577. The SMILES string of the molecule is C/C(=C\C=C(/C)c1ccc(N(c2ccncc2)c2cccc3ccccc23)cc1)C1=CCC(N(C2=CC=CC3C=CC=CC23)c2ccncc2)C=C1. The number of nitrogens with zero attached hydrogens (tertiary/aromatic N) is 4. The van der Waals surface area contributed by atoms with Crippen molar-refractivity contribution in [2.75, 3.05) is 9.80 Å². The Hall–Kier alpha value is -6.26. The molecule has 0 amide bonds. The van der Waals surface area contributed by atoms with Crippen LogP contribution < -0.4 is 9.80 Å². The molecule has 0 saturated carbocycles. The van der Waals surface area contributed by atoms with Crippen LogP contribution in [0.5, 0.6) is 0 Å². The predicted octanol–water partition coefficient (Wildman–Crippen LogP) is 12.0. The predicted molar refractivity (Wildman–Crippen MR) is 219 cm³/mol. The van der Waals surface area contributed by atoms with Gasteiger partial charge in [0.05, 0.1) is 11.7 Å². The average molecular weight is 675 g/mol. The summed E-state index contributed by atoms with van der Waals surface area (Å²) in [5.74, 6) is 0.705. The van der Waals surface area contributed by atoms with Crippen LogP contribution in [0, 0.1) is 11.8 Å². The van der Waals surface area contributed by atoms with Gasteiger partial charge in [-0.2, -0.15) is 0 Å². The van der Waals surface area contributed by atoms with Crippen LogP contribution in [0.15, 0.2) is 206 Å². The molecule has 4 nitrogen and oxygen atoms in total. The average Bonchev–Trinajstić information content (AvgIpc) is 3.21. The molecule has 254 valence electrons. The Bertz CT molecular complexity index is 2300. The molecule has 5 aromatic rings. The highest BCUT2D eigenvalue weighted by atomic mass is 15.2. The van der Waals surface area contributed by atoms with Crippen molar-refractivity contribution >= 4 is 39.1 Å². The third-order valence-corrected chi connectivity index (χ3v) is 10.3. The third kappa shape index (κ3) is 6.76. The summed E-state index contributed by atoms with van der Waals surface area (Å²) in [6.45, 7) is 4.39. The van der Waals surface area contributed by atoms with Crippen LogP contribution in [0.3, 0.4) is 0 Å². The van der Waals surface area contributed by atoms with Gasteiger partial charge in [0.2, 0.25) is 0 Å². The summed E-state index contributed by atoms with van der Waals surface area (Å²) in [5, 5.41) is 2.42. The van der Waals surface area contributed by atoms with Gasteiger partial charge in [-0.25, -0.2) is 0 Å². The second-order valence-corrected chi connectivity index (χ2v) is 13.5. The minimum Gasteiger partial charge on any atom is -0.337 e. The molecule has 0 spiro atoms. The van der Waals surface area contributed by atoms with E-state index >= 15 is 0 Å². The molecule has 2 heterocycles. The molecule has 3 aliphatic carbocycles. The van der Waals surface area contributed by atoms with Crippen LogP contribution >= 0.6 is 0 Å². The van der Waals surface area contributed by atoms with Crippen LogP contribution in [-0.2, 0) is 0 Å². The Morgan fingerprint density at radius 2 is 1.33 bits per heavy atom. The van der Waals surface area contributed by atoms with Crippen molar-refractivity contribution in [2.45, 2.75) is 26.3 Å². The van der Waals surface area contributed by atoms with Crippen molar-refractivity contribution in [1.82, 2.24) is 9.97 Å². The van der Waals surface area contributed by atoms with E-state index in [2.05, 4.69) is 198 Å². The van der Waals surface area contributed by atoms with E-state index in [1.54, 1.807) is 0 Å². The van der Waals surface area contributed by atoms with E-state index in [1.165, 1.54) is 44.4 Å². The molecule has 3 unspecified atom stereocenters. The molecule has 3 aliphatic rings. The number of anilines is 4. The maximum atomic E-state index is 4.31. The van der Waals surface area contributed by atoms with Crippen LogP contribution in [-0.4, -0.2) is 16.0 Å². The highest BCUT2D eigenvalue weighted by Gasteiger charge is 2.31. The maximum absolute atomic E-state index is 4.31. The number of allylic oxidation sites excluding steroid dienone is 13. The maximum Gasteiger partial charge on any atom is 0.0557 e. The molecule has 2 aromatic heterocycles. The molecule has 3 atom stereocenters. The fourth-order valence-corrected chi connectivity index (χ4v) is 7.51. The number of hydrogen-bond acceptors (Lipinski definition) is 4. The van der Waals surface area contributed by atoms with Crippen LogP contribution in [0.2, 0.25) is 0 Å². The number of fused-ring (bicyclic) bond motifs is 2. The molecular weight excluding hydrogens is 633 g/mol. The number of rotatable bonds is 9. The van der Waals surface area contributed by atoms with Gasteiger partial charge in [-0.3, -0.25) is 9.97 Å². The molecule has 4 heteroatoms. The Morgan fingerprint density at radius 3 is 2.10 bits per heavy atom. The van der Waals surface area contributed by atoms with Crippen molar-refractivity contribution < 1.29 is 0 Å². The van der Waals surface area contributed by atoms with Gasteiger partial charge in [0.25, 0.3) is 0 Å². The van der Waals surface area contributed by atoms with E-state index in [4.69, 9.17) is 0 Å². The van der Waals surface area contributed by atoms with E-state index in [0.29, 0.717) is 11.8 Å². The summed E-state index contributed by atoms with van der Waals surface area (Å²) < 4.78 is 0. The second kappa shape index (κ2) is 14.9. The third-order valence-electron chi connectivity index (χ3n) is 10.3. The fourth-order valence-electron chi connectivity index (χ4n) is 7.51.